The Hall–Kier alpha value is -3.58. The Balaban J connectivity index is 1.81. The van der Waals surface area contributed by atoms with Crippen LogP contribution in [0.5, 0.6) is 11.5 Å². The van der Waals surface area contributed by atoms with Crippen LogP contribution in [0, 0.1) is 21.4 Å². The van der Waals surface area contributed by atoms with Gasteiger partial charge in [-0.15, -0.1) is 0 Å². The van der Waals surface area contributed by atoms with E-state index in [1.165, 1.54) is 25.3 Å². The van der Waals surface area contributed by atoms with Crippen molar-refractivity contribution in [3.05, 3.63) is 95.9 Å². The van der Waals surface area contributed by atoms with E-state index in [1.807, 2.05) is 6.07 Å². The average Bonchev–Trinajstić information content (AvgIpc) is 2.85. The molecule has 35 heavy (non-hydrogen) atoms. The number of halogens is 3. The van der Waals surface area contributed by atoms with Gasteiger partial charge in [-0.2, -0.15) is 5.26 Å². The predicted octanol–water partition coefficient (Wildman–Crippen LogP) is 6.80. The normalized spacial score (nSPS) is 10.9. The van der Waals surface area contributed by atoms with Crippen LogP contribution in [-0.4, -0.2) is 17.9 Å². The van der Waals surface area contributed by atoms with E-state index < -0.39 is 10.8 Å². The molecule has 0 radical (unpaired) electrons. The number of anilines is 1. The first-order valence-corrected chi connectivity index (χ1v) is 11.4. The summed E-state index contributed by atoms with van der Waals surface area (Å²) in [6.45, 7) is 0.141. The number of benzene rings is 3. The van der Waals surface area contributed by atoms with Crippen molar-refractivity contribution >= 4 is 62.5 Å². The topological polar surface area (TPSA) is 114 Å². The Morgan fingerprint density at radius 2 is 1.91 bits per heavy atom. The molecule has 0 aliphatic carbocycles. The Kier molecular flexibility index (Phi) is 8.71. The number of rotatable bonds is 8. The fraction of sp³-hybridized carbons (Fsp3) is 0.0833. The summed E-state index contributed by atoms with van der Waals surface area (Å²) in [5, 5.41) is 23.3. The van der Waals surface area contributed by atoms with Crippen molar-refractivity contribution in [1.29, 1.82) is 5.26 Å². The van der Waals surface area contributed by atoms with E-state index in [1.54, 1.807) is 42.5 Å². The van der Waals surface area contributed by atoms with Gasteiger partial charge in [-0.1, -0.05) is 45.2 Å². The fourth-order valence-electron chi connectivity index (χ4n) is 2.90. The van der Waals surface area contributed by atoms with Crippen molar-refractivity contribution in [2.45, 2.75) is 6.61 Å². The molecule has 3 aromatic rings. The number of nitrogens with zero attached hydrogens (tertiary/aromatic N) is 2. The summed E-state index contributed by atoms with van der Waals surface area (Å²) in [6.07, 6.45) is 1.39. The zero-order chi connectivity index (χ0) is 25.5. The van der Waals surface area contributed by atoms with Crippen LogP contribution in [0.4, 0.5) is 11.4 Å². The van der Waals surface area contributed by atoms with Gasteiger partial charge in [0.2, 0.25) is 0 Å². The highest BCUT2D eigenvalue weighted by Crippen LogP contribution is 2.35. The standard InChI is InChI=1S/C24H16BrCl2N3O5/c1-34-21-10-15(9-16(12-28)24(31)29-20-4-2-3-19(26)23(20)27)18(25)11-22(21)35-13-14-5-7-17(8-6-14)30(32)33/h2-11H,13H2,1H3,(H,29,31)/b16-9-. The first-order chi connectivity index (χ1) is 16.7. The smallest absolute Gasteiger partial charge is 0.269 e. The highest BCUT2D eigenvalue weighted by Gasteiger charge is 2.16. The van der Waals surface area contributed by atoms with Gasteiger partial charge in [0, 0.05) is 16.6 Å². The van der Waals surface area contributed by atoms with Gasteiger partial charge in [0.15, 0.2) is 11.5 Å². The number of hydrogen-bond acceptors (Lipinski definition) is 6. The van der Waals surface area contributed by atoms with Crippen LogP contribution >= 0.6 is 39.1 Å². The summed E-state index contributed by atoms with van der Waals surface area (Å²) in [5.41, 5.74) is 1.30. The number of nitriles is 1. The van der Waals surface area contributed by atoms with Crippen LogP contribution in [0.3, 0.4) is 0 Å². The van der Waals surface area contributed by atoms with Gasteiger partial charge in [0.25, 0.3) is 11.6 Å². The van der Waals surface area contributed by atoms with Gasteiger partial charge in [-0.05, 0) is 53.6 Å². The third kappa shape index (κ3) is 6.51. The Bertz CT molecular complexity index is 1350. The number of ether oxygens (including phenoxy) is 2. The second-order valence-corrected chi connectivity index (χ2v) is 8.60. The lowest BCUT2D eigenvalue weighted by Gasteiger charge is -2.13. The maximum absolute atomic E-state index is 12.7. The molecule has 0 spiro atoms. The molecule has 178 valence electrons. The Morgan fingerprint density at radius 1 is 1.20 bits per heavy atom. The van der Waals surface area contributed by atoms with Gasteiger partial charge in [0.05, 0.1) is 27.8 Å². The van der Waals surface area contributed by atoms with Crippen LogP contribution in [0.2, 0.25) is 10.0 Å². The van der Waals surface area contributed by atoms with Gasteiger partial charge in [0.1, 0.15) is 18.2 Å². The summed E-state index contributed by atoms with van der Waals surface area (Å²) in [7, 11) is 1.45. The van der Waals surface area contributed by atoms with Crippen LogP contribution in [0.1, 0.15) is 11.1 Å². The van der Waals surface area contributed by atoms with Crippen molar-refractivity contribution in [3.8, 4) is 17.6 Å². The molecule has 3 rings (SSSR count). The SMILES string of the molecule is COc1cc(/C=C(/C#N)C(=O)Nc2cccc(Cl)c2Cl)c(Br)cc1OCc1ccc([N+](=O)[O-])cc1. The highest BCUT2D eigenvalue weighted by molar-refractivity contribution is 9.10. The van der Waals surface area contributed by atoms with E-state index in [4.69, 9.17) is 32.7 Å². The minimum Gasteiger partial charge on any atom is -0.493 e. The third-order valence-corrected chi connectivity index (χ3v) is 6.19. The second kappa shape index (κ2) is 11.7. The van der Waals surface area contributed by atoms with Crippen molar-refractivity contribution in [1.82, 2.24) is 0 Å². The van der Waals surface area contributed by atoms with Crippen molar-refractivity contribution in [2.24, 2.45) is 0 Å². The number of carbonyl (C=O) groups is 1. The van der Waals surface area contributed by atoms with Gasteiger partial charge < -0.3 is 14.8 Å². The molecule has 0 aliphatic rings. The molecular weight excluding hydrogens is 561 g/mol. The molecule has 1 amide bonds. The number of carbonyl (C=O) groups excluding carboxylic acids is 1. The van der Waals surface area contributed by atoms with E-state index in [2.05, 4.69) is 21.2 Å². The number of amides is 1. The molecule has 0 aromatic heterocycles. The summed E-state index contributed by atoms with van der Waals surface area (Å²) in [4.78, 5) is 23.0. The van der Waals surface area contributed by atoms with Crippen molar-refractivity contribution in [3.63, 3.8) is 0 Å². The van der Waals surface area contributed by atoms with E-state index in [-0.39, 0.29) is 33.6 Å². The molecule has 0 saturated carbocycles. The van der Waals surface area contributed by atoms with Crippen molar-refractivity contribution < 1.29 is 19.2 Å². The lowest BCUT2D eigenvalue weighted by molar-refractivity contribution is -0.384. The van der Waals surface area contributed by atoms with Gasteiger partial charge in [-0.25, -0.2) is 0 Å². The maximum atomic E-state index is 12.7. The van der Waals surface area contributed by atoms with E-state index in [0.29, 0.717) is 21.5 Å². The molecule has 0 atom stereocenters. The molecule has 0 fully saturated rings. The number of nitro benzene ring substituents is 1. The van der Waals surface area contributed by atoms with E-state index >= 15 is 0 Å². The minimum absolute atomic E-state index is 0.0137. The minimum atomic E-state index is -0.666. The third-order valence-electron chi connectivity index (χ3n) is 4.69. The number of hydrogen-bond donors (Lipinski definition) is 1. The number of nitrogens with one attached hydrogen (secondary N) is 1. The molecule has 0 aliphatic heterocycles. The zero-order valence-corrected chi connectivity index (χ0v) is 21.1. The lowest BCUT2D eigenvalue weighted by Crippen LogP contribution is -2.13. The number of methoxy groups -OCH3 is 1. The quantitative estimate of drug-likeness (QED) is 0.136. The van der Waals surface area contributed by atoms with E-state index in [9.17, 15) is 20.2 Å². The highest BCUT2D eigenvalue weighted by atomic mass is 79.9. The van der Waals surface area contributed by atoms with Crippen LogP contribution in [-0.2, 0) is 11.4 Å². The summed E-state index contributed by atoms with van der Waals surface area (Å²) < 4.78 is 11.8. The van der Waals surface area contributed by atoms with Crippen molar-refractivity contribution in [2.75, 3.05) is 12.4 Å². The fourth-order valence-corrected chi connectivity index (χ4v) is 3.69. The predicted molar refractivity (Wildman–Crippen MR) is 137 cm³/mol. The summed E-state index contributed by atoms with van der Waals surface area (Å²) in [6, 6.07) is 15.9. The largest absolute Gasteiger partial charge is 0.493 e. The van der Waals surface area contributed by atoms with Gasteiger partial charge >= 0.3 is 0 Å². The van der Waals surface area contributed by atoms with E-state index in [0.717, 1.165) is 5.56 Å². The summed E-state index contributed by atoms with van der Waals surface area (Å²) in [5.74, 6) is 0.0847. The zero-order valence-electron chi connectivity index (χ0n) is 18.1. The first-order valence-electron chi connectivity index (χ1n) is 9.84. The monoisotopic (exact) mass is 575 g/mol. The molecule has 1 N–H and O–H groups in total. The average molecular weight is 577 g/mol. The Labute approximate surface area is 219 Å². The van der Waals surface area contributed by atoms with Gasteiger partial charge in [-0.3, -0.25) is 14.9 Å². The molecule has 0 heterocycles. The van der Waals surface area contributed by atoms with Crippen LogP contribution in [0.15, 0.2) is 64.6 Å². The molecule has 3 aromatic carbocycles. The number of nitro groups is 1. The number of non-ortho nitro benzene ring substituents is 1. The second-order valence-electron chi connectivity index (χ2n) is 6.96. The molecule has 0 saturated heterocycles. The molecule has 0 bridgehead atoms. The lowest BCUT2D eigenvalue weighted by atomic mass is 10.1. The molecule has 0 unspecified atom stereocenters. The summed E-state index contributed by atoms with van der Waals surface area (Å²) >= 11 is 15.5. The Morgan fingerprint density at radius 3 is 2.54 bits per heavy atom. The molecule has 8 nitrogen and oxygen atoms in total. The first kappa shape index (κ1) is 26.0. The maximum Gasteiger partial charge on any atom is 0.269 e. The molecule has 11 heteroatoms. The van der Waals surface area contributed by atoms with Crippen LogP contribution in [0.25, 0.3) is 6.08 Å². The molecular formula is C24H16BrCl2N3O5. The van der Waals surface area contributed by atoms with Crippen LogP contribution < -0.4 is 14.8 Å².